The summed E-state index contributed by atoms with van der Waals surface area (Å²) < 4.78 is 0. The minimum absolute atomic E-state index is 0.0291. The molecular weight excluding hydrogens is 332 g/mol. The zero-order valence-electron chi connectivity index (χ0n) is 15.0. The van der Waals surface area contributed by atoms with E-state index in [1.165, 1.54) is 11.8 Å². The molecule has 0 unspecified atom stereocenters. The summed E-state index contributed by atoms with van der Waals surface area (Å²) in [5.41, 5.74) is 1.67. The quantitative estimate of drug-likeness (QED) is 0.638. The molecule has 1 aromatic heterocycles. The van der Waals surface area contributed by atoms with Crippen LogP contribution in [0.4, 0.5) is 5.69 Å². The van der Waals surface area contributed by atoms with Crippen molar-refractivity contribution in [1.82, 2.24) is 4.98 Å². The molecule has 0 aliphatic rings. The standard InChI is InChI=1S/C20H26N2O2S/c1-15(2)20(24)25-12-8-4-3-5-11-19(23)22-17-13-16-9-6-7-10-18(16)21-14-17/h6-7,9-10,13-15H,3-5,8,11-12H2,1-2H3,(H,22,23). The lowest BCUT2D eigenvalue weighted by Crippen LogP contribution is -2.11. The van der Waals surface area contributed by atoms with Crippen LogP contribution < -0.4 is 5.32 Å². The van der Waals surface area contributed by atoms with Crippen molar-refractivity contribution in [1.29, 1.82) is 0 Å². The Bertz CT molecular complexity index is 716. The monoisotopic (exact) mass is 358 g/mol. The van der Waals surface area contributed by atoms with Gasteiger partial charge in [0.2, 0.25) is 5.91 Å². The van der Waals surface area contributed by atoms with E-state index in [1.54, 1.807) is 6.20 Å². The lowest BCUT2D eigenvalue weighted by atomic mass is 10.1. The van der Waals surface area contributed by atoms with Crippen LogP contribution >= 0.6 is 11.8 Å². The zero-order chi connectivity index (χ0) is 18.1. The Kier molecular flexibility index (Phi) is 7.92. The predicted octanol–water partition coefficient (Wildman–Crippen LogP) is 5.04. The molecule has 25 heavy (non-hydrogen) atoms. The third-order valence-electron chi connectivity index (χ3n) is 3.89. The Morgan fingerprint density at radius 1 is 1.12 bits per heavy atom. The number of carbonyl (C=O) groups is 2. The molecule has 0 radical (unpaired) electrons. The maximum atomic E-state index is 12.0. The van der Waals surface area contributed by atoms with Crippen molar-refractivity contribution in [2.75, 3.05) is 11.1 Å². The maximum Gasteiger partial charge on any atom is 0.224 e. The number of rotatable bonds is 9. The fourth-order valence-electron chi connectivity index (χ4n) is 2.44. The summed E-state index contributed by atoms with van der Waals surface area (Å²) in [6, 6.07) is 9.80. The first-order valence-corrected chi connectivity index (χ1v) is 9.86. The first-order chi connectivity index (χ1) is 12.1. The number of aromatic nitrogens is 1. The Hall–Kier alpha value is -1.88. The van der Waals surface area contributed by atoms with Gasteiger partial charge in [-0.3, -0.25) is 14.6 Å². The molecule has 1 aromatic carbocycles. The molecule has 0 spiro atoms. The van der Waals surface area contributed by atoms with E-state index in [1.807, 2.05) is 44.2 Å². The molecule has 4 nitrogen and oxygen atoms in total. The number of nitrogens with one attached hydrogen (secondary N) is 1. The molecule has 1 amide bonds. The van der Waals surface area contributed by atoms with Crippen LogP contribution in [0.25, 0.3) is 10.9 Å². The molecule has 2 aromatic rings. The summed E-state index contributed by atoms with van der Waals surface area (Å²) in [4.78, 5) is 27.8. The van der Waals surface area contributed by atoms with Crippen LogP contribution in [-0.4, -0.2) is 21.8 Å². The highest BCUT2D eigenvalue weighted by atomic mass is 32.2. The number of nitrogens with zero attached hydrogens (tertiary/aromatic N) is 1. The molecule has 1 N–H and O–H groups in total. The zero-order valence-corrected chi connectivity index (χ0v) is 15.8. The van der Waals surface area contributed by atoms with Crippen molar-refractivity contribution >= 4 is 39.4 Å². The minimum atomic E-state index is 0.0291. The van der Waals surface area contributed by atoms with E-state index in [0.29, 0.717) is 6.42 Å². The number of hydrogen-bond donors (Lipinski definition) is 1. The molecule has 0 fully saturated rings. The largest absolute Gasteiger partial charge is 0.325 e. The molecule has 1 heterocycles. The van der Waals surface area contributed by atoms with Crippen LogP contribution in [0.2, 0.25) is 0 Å². The number of benzene rings is 1. The molecule has 134 valence electrons. The molecule has 0 aliphatic heterocycles. The average Bonchev–Trinajstić information content (AvgIpc) is 2.60. The molecule has 0 bridgehead atoms. The average molecular weight is 359 g/mol. The molecule has 5 heteroatoms. The van der Waals surface area contributed by atoms with Crippen molar-refractivity contribution < 1.29 is 9.59 Å². The van der Waals surface area contributed by atoms with Gasteiger partial charge in [-0.05, 0) is 25.0 Å². The first-order valence-electron chi connectivity index (χ1n) is 8.87. The first kappa shape index (κ1) is 19.4. The van der Waals surface area contributed by atoms with E-state index in [4.69, 9.17) is 0 Å². The van der Waals surface area contributed by atoms with Crippen molar-refractivity contribution in [2.45, 2.75) is 46.0 Å². The van der Waals surface area contributed by atoms with Crippen LogP contribution in [0.5, 0.6) is 0 Å². The van der Waals surface area contributed by atoms with Gasteiger partial charge in [-0.15, -0.1) is 0 Å². The molecular formula is C20H26N2O2S. The van der Waals surface area contributed by atoms with E-state index < -0.39 is 0 Å². The Balaban J connectivity index is 1.61. The normalized spacial score (nSPS) is 11.0. The second-order valence-electron chi connectivity index (χ2n) is 6.45. The van der Waals surface area contributed by atoms with Gasteiger partial charge in [-0.2, -0.15) is 0 Å². The number of unbranched alkanes of at least 4 members (excludes halogenated alkanes) is 3. The summed E-state index contributed by atoms with van der Waals surface area (Å²) in [5.74, 6) is 1.02. The van der Waals surface area contributed by atoms with E-state index in [9.17, 15) is 9.59 Å². The fourth-order valence-corrected chi connectivity index (χ4v) is 3.33. The number of amides is 1. The van der Waals surface area contributed by atoms with E-state index in [0.717, 1.165) is 48.0 Å². The summed E-state index contributed by atoms with van der Waals surface area (Å²) in [6.45, 7) is 3.86. The number of thioether (sulfide) groups is 1. The molecule has 0 atom stereocenters. The second kappa shape index (κ2) is 10.2. The van der Waals surface area contributed by atoms with Gasteiger partial charge >= 0.3 is 0 Å². The molecule has 2 rings (SSSR count). The van der Waals surface area contributed by atoms with Crippen molar-refractivity contribution in [2.24, 2.45) is 5.92 Å². The van der Waals surface area contributed by atoms with Gasteiger partial charge < -0.3 is 5.32 Å². The summed E-state index contributed by atoms with van der Waals surface area (Å²) in [5, 5.41) is 4.20. The molecule has 0 saturated heterocycles. The van der Waals surface area contributed by atoms with E-state index in [-0.39, 0.29) is 16.9 Å². The lowest BCUT2D eigenvalue weighted by molar-refractivity contribution is -0.116. The van der Waals surface area contributed by atoms with Crippen LogP contribution in [0, 0.1) is 5.92 Å². The Labute approximate surface area is 153 Å². The van der Waals surface area contributed by atoms with Crippen molar-refractivity contribution in [3.8, 4) is 0 Å². The lowest BCUT2D eigenvalue weighted by Gasteiger charge is -2.06. The van der Waals surface area contributed by atoms with Gasteiger partial charge in [0.05, 0.1) is 17.4 Å². The van der Waals surface area contributed by atoms with Gasteiger partial charge in [0.15, 0.2) is 5.12 Å². The second-order valence-corrected chi connectivity index (χ2v) is 7.55. The maximum absolute atomic E-state index is 12.0. The van der Waals surface area contributed by atoms with Gasteiger partial charge in [-0.1, -0.05) is 56.7 Å². The number of carbonyl (C=O) groups excluding carboxylic acids is 2. The van der Waals surface area contributed by atoms with Crippen LogP contribution in [0.15, 0.2) is 36.5 Å². The third-order valence-corrected chi connectivity index (χ3v) is 5.14. The fraction of sp³-hybridized carbons (Fsp3) is 0.450. The van der Waals surface area contributed by atoms with Crippen LogP contribution in [0.3, 0.4) is 0 Å². The number of para-hydroxylation sites is 1. The Morgan fingerprint density at radius 2 is 1.88 bits per heavy atom. The molecule has 0 saturated carbocycles. The van der Waals surface area contributed by atoms with Gasteiger partial charge in [0.1, 0.15) is 0 Å². The topological polar surface area (TPSA) is 59.1 Å². The van der Waals surface area contributed by atoms with Gasteiger partial charge in [0.25, 0.3) is 0 Å². The third kappa shape index (κ3) is 6.86. The van der Waals surface area contributed by atoms with Crippen LogP contribution in [0.1, 0.15) is 46.0 Å². The smallest absolute Gasteiger partial charge is 0.224 e. The van der Waals surface area contributed by atoms with Gasteiger partial charge in [-0.25, -0.2) is 0 Å². The Morgan fingerprint density at radius 3 is 2.68 bits per heavy atom. The SMILES string of the molecule is CC(C)C(=O)SCCCCCCC(=O)Nc1cnc2ccccc2c1. The number of pyridine rings is 1. The number of anilines is 1. The number of hydrogen-bond acceptors (Lipinski definition) is 4. The summed E-state index contributed by atoms with van der Waals surface area (Å²) >= 11 is 1.43. The highest BCUT2D eigenvalue weighted by Gasteiger charge is 2.07. The minimum Gasteiger partial charge on any atom is -0.325 e. The van der Waals surface area contributed by atoms with Crippen LogP contribution in [-0.2, 0) is 9.59 Å². The highest BCUT2D eigenvalue weighted by molar-refractivity contribution is 8.13. The van der Waals surface area contributed by atoms with E-state index >= 15 is 0 Å². The highest BCUT2D eigenvalue weighted by Crippen LogP contribution is 2.17. The van der Waals surface area contributed by atoms with E-state index in [2.05, 4.69) is 10.3 Å². The molecule has 0 aliphatic carbocycles. The predicted molar refractivity (Wildman–Crippen MR) is 106 cm³/mol. The summed E-state index contributed by atoms with van der Waals surface area (Å²) in [6.07, 6.45) is 6.19. The summed E-state index contributed by atoms with van der Waals surface area (Å²) in [7, 11) is 0. The van der Waals surface area contributed by atoms with Gasteiger partial charge in [0, 0.05) is 23.5 Å². The van der Waals surface area contributed by atoms with Crippen molar-refractivity contribution in [3.63, 3.8) is 0 Å². The van der Waals surface area contributed by atoms with Crippen molar-refractivity contribution in [3.05, 3.63) is 36.5 Å². The number of fused-ring (bicyclic) bond motifs is 1.